The van der Waals surface area contributed by atoms with E-state index in [-0.39, 0.29) is 22.8 Å². The Bertz CT molecular complexity index is 2390. The molecule has 0 N–H and O–H groups in total. The van der Waals surface area contributed by atoms with Crippen molar-refractivity contribution in [3.8, 4) is 28.2 Å². The van der Waals surface area contributed by atoms with Crippen LogP contribution in [0.15, 0.2) is 101 Å². The molecule has 4 heterocycles. The second-order valence-electron chi connectivity index (χ2n) is 13.0. The number of pyridine rings is 1. The van der Waals surface area contributed by atoms with Gasteiger partial charge in [0, 0.05) is 48.7 Å². The number of aryl methyl sites for hydroxylation is 2. The number of halogens is 3. The fraction of sp³-hybridized carbons (Fsp3) is 0.270. The monoisotopic (exact) mass is 700 g/mol. The minimum Gasteiger partial charge on any atom is -0.317 e. The highest BCUT2D eigenvalue weighted by Gasteiger charge is 2.38. The summed E-state index contributed by atoms with van der Waals surface area (Å²) in [6.07, 6.45) is -0.682. The lowest BCUT2D eigenvalue weighted by atomic mass is 9.98. The van der Waals surface area contributed by atoms with E-state index in [1.54, 1.807) is 55.2 Å². The van der Waals surface area contributed by atoms with Crippen LogP contribution in [0, 0.1) is 12.8 Å². The molecule has 7 rings (SSSR count). The van der Waals surface area contributed by atoms with E-state index in [0.29, 0.717) is 30.4 Å². The fourth-order valence-electron chi connectivity index (χ4n) is 6.88. The Morgan fingerprint density at radius 3 is 2.38 bits per heavy atom. The Hall–Kier alpha value is -5.01. The van der Waals surface area contributed by atoms with Crippen LogP contribution in [0.5, 0.6) is 0 Å². The van der Waals surface area contributed by atoms with E-state index in [1.165, 1.54) is 24.3 Å². The molecule has 0 unspecified atom stereocenters. The number of fused-ring (bicyclic) bond motifs is 1. The van der Waals surface area contributed by atoms with Crippen LogP contribution in [0.4, 0.5) is 13.2 Å². The third-order valence-electron chi connectivity index (χ3n) is 9.31. The summed E-state index contributed by atoms with van der Waals surface area (Å²) in [5, 5.41) is 7.73. The molecule has 1 aliphatic heterocycles. The van der Waals surface area contributed by atoms with Gasteiger partial charge in [-0.2, -0.15) is 13.2 Å². The second kappa shape index (κ2) is 12.7. The highest BCUT2D eigenvalue weighted by Crippen LogP contribution is 2.38. The fourth-order valence-corrected chi connectivity index (χ4v) is 8.41. The van der Waals surface area contributed by atoms with Gasteiger partial charge < -0.3 is 4.57 Å². The summed E-state index contributed by atoms with van der Waals surface area (Å²) in [6, 6.07) is 21.2. The number of rotatable bonds is 7. The summed E-state index contributed by atoms with van der Waals surface area (Å²) in [5.41, 5.74) is 0.572. The van der Waals surface area contributed by atoms with E-state index in [9.17, 15) is 26.4 Å². The van der Waals surface area contributed by atoms with Gasteiger partial charge in [0.2, 0.25) is 0 Å². The lowest BCUT2D eigenvalue weighted by molar-refractivity contribution is -0.136. The normalized spacial score (nSPS) is 15.9. The van der Waals surface area contributed by atoms with Gasteiger partial charge in [-0.15, -0.1) is 10.2 Å². The maximum atomic E-state index is 15.0. The molecule has 258 valence electrons. The van der Waals surface area contributed by atoms with Crippen LogP contribution in [0.1, 0.15) is 36.6 Å². The molecule has 1 atom stereocenters. The molecule has 1 saturated heterocycles. The molecule has 1 aliphatic rings. The Morgan fingerprint density at radius 2 is 1.70 bits per heavy atom. The topological polar surface area (TPSA) is 95.0 Å². The van der Waals surface area contributed by atoms with Crippen LogP contribution in [-0.2, 0) is 29.8 Å². The van der Waals surface area contributed by atoms with E-state index in [0.717, 1.165) is 44.3 Å². The van der Waals surface area contributed by atoms with E-state index in [4.69, 9.17) is 0 Å². The van der Waals surface area contributed by atoms with E-state index in [1.807, 2.05) is 29.2 Å². The molecule has 0 saturated carbocycles. The maximum absolute atomic E-state index is 15.0. The Morgan fingerprint density at radius 1 is 0.960 bits per heavy atom. The Balaban J connectivity index is 1.48. The average Bonchev–Trinajstić information content (AvgIpc) is 3.68. The van der Waals surface area contributed by atoms with Gasteiger partial charge >= 0.3 is 6.18 Å². The molecular formula is C37H35F3N6O3S. The average molecular weight is 701 g/mol. The summed E-state index contributed by atoms with van der Waals surface area (Å²) in [7, 11) is -2.71. The molecule has 0 radical (unpaired) electrons. The first-order chi connectivity index (χ1) is 23.8. The first-order valence-corrected chi connectivity index (χ1v) is 17.7. The summed E-state index contributed by atoms with van der Waals surface area (Å²) in [5.74, 6) is 0.919. The van der Waals surface area contributed by atoms with Crippen molar-refractivity contribution in [3.63, 3.8) is 0 Å². The number of hydrogen-bond donors (Lipinski definition) is 0. The molecule has 0 spiro atoms. The molecule has 3 aromatic heterocycles. The number of piperidine rings is 1. The predicted octanol–water partition coefficient (Wildman–Crippen LogP) is 7.05. The molecule has 6 aromatic rings. The maximum Gasteiger partial charge on any atom is 0.418 e. The standard InChI is InChI=1S/C37H35F3N6O3S/c1-24-13-15-29(16-14-24)50(48,49)46-28(21-44-17-7-8-25(2)20-44)19-32-33(37(38,39)40)22-45(36(47)34(32)46)27-10-6-9-26(18-27)30-11-4-5-12-31(30)35-42-41-23-43(35)3/h4-6,9-16,18-19,22-23,25H,7-8,17,20-21H2,1-3H3/t25-/m0/s1. The molecule has 0 aliphatic carbocycles. The number of aromatic nitrogens is 5. The van der Waals surface area contributed by atoms with Crippen molar-refractivity contribution < 1.29 is 21.6 Å². The van der Waals surface area contributed by atoms with E-state index < -0.39 is 38.2 Å². The van der Waals surface area contributed by atoms with Crippen molar-refractivity contribution in [2.45, 2.75) is 44.3 Å². The lowest BCUT2D eigenvalue weighted by Gasteiger charge is -2.31. The number of hydrogen-bond acceptors (Lipinski definition) is 6. The van der Waals surface area contributed by atoms with Crippen LogP contribution >= 0.6 is 0 Å². The van der Waals surface area contributed by atoms with Gasteiger partial charge in [0.1, 0.15) is 11.8 Å². The van der Waals surface area contributed by atoms with Crippen molar-refractivity contribution >= 4 is 20.9 Å². The van der Waals surface area contributed by atoms with Gasteiger partial charge in [-0.3, -0.25) is 14.3 Å². The van der Waals surface area contributed by atoms with Crippen LogP contribution in [0.25, 0.3) is 39.1 Å². The van der Waals surface area contributed by atoms with E-state index in [2.05, 4.69) is 17.1 Å². The summed E-state index contributed by atoms with van der Waals surface area (Å²) in [4.78, 5) is 16.4. The van der Waals surface area contributed by atoms with Gasteiger partial charge in [-0.25, -0.2) is 12.4 Å². The molecule has 13 heteroatoms. The summed E-state index contributed by atoms with van der Waals surface area (Å²) >= 11 is 0. The lowest BCUT2D eigenvalue weighted by Crippen LogP contribution is -2.35. The van der Waals surface area contributed by atoms with Crippen molar-refractivity contribution in [3.05, 3.63) is 119 Å². The van der Waals surface area contributed by atoms with Gasteiger partial charge in [-0.05, 0) is 73.7 Å². The van der Waals surface area contributed by atoms with E-state index >= 15 is 0 Å². The summed E-state index contributed by atoms with van der Waals surface area (Å²) in [6.45, 7) is 5.28. The molecule has 0 amide bonds. The van der Waals surface area contributed by atoms with Crippen LogP contribution < -0.4 is 5.56 Å². The molecular weight excluding hydrogens is 666 g/mol. The van der Waals surface area contributed by atoms with Gasteiger partial charge in [0.05, 0.1) is 10.5 Å². The molecule has 9 nitrogen and oxygen atoms in total. The molecule has 1 fully saturated rings. The SMILES string of the molecule is Cc1ccc(S(=O)(=O)n2c(CN3CCC[C@H](C)C3)cc3c(C(F)(F)F)cn(-c4cccc(-c5ccccc5-c5nncn5C)c4)c(=O)c32)cc1. The second-order valence-corrected chi connectivity index (χ2v) is 14.8. The zero-order chi connectivity index (χ0) is 35.4. The third-order valence-corrected chi connectivity index (χ3v) is 11.1. The minimum absolute atomic E-state index is 0.0646. The van der Waals surface area contributed by atoms with Crippen molar-refractivity contribution in [1.29, 1.82) is 0 Å². The van der Waals surface area contributed by atoms with Crippen molar-refractivity contribution in [1.82, 2.24) is 28.2 Å². The number of nitrogens with zero attached hydrogens (tertiary/aromatic N) is 6. The Kier molecular flexibility index (Phi) is 8.51. The van der Waals surface area contributed by atoms with Crippen LogP contribution in [-0.4, -0.2) is 49.7 Å². The van der Waals surface area contributed by atoms with Gasteiger partial charge in [-0.1, -0.05) is 61.0 Å². The smallest absolute Gasteiger partial charge is 0.317 e. The molecule has 3 aromatic carbocycles. The minimum atomic E-state index is -4.90. The molecule has 50 heavy (non-hydrogen) atoms. The highest BCUT2D eigenvalue weighted by molar-refractivity contribution is 7.90. The van der Waals surface area contributed by atoms with Crippen LogP contribution in [0.2, 0.25) is 0 Å². The number of likely N-dealkylation sites (tertiary alicyclic amines) is 1. The predicted molar refractivity (Wildman–Crippen MR) is 185 cm³/mol. The highest BCUT2D eigenvalue weighted by atomic mass is 32.2. The van der Waals surface area contributed by atoms with Gasteiger partial charge in [0.25, 0.3) is 15.6 Å². The largest absolute Gasteiger partial charge is 0.418 e. The first kappa shape index (κ1) is 33.5. The number of alkyl halides is 3. The number of benzene rings is 3. The third kappa shape index (κ3) is 6.04. The zero-order valence-corrected chi connectivity index (χ0v) is 28.5. The Labute approximate surface area is 287 Å². The molecule has 0 bridgehead atoms. The quantitative estimate of drug-likeness (QED) is 0.177. The van der Waals surface area contributed by atoms with Crippen LogP contribution in [0.3, 0.4) is 0 Å². The summed E-state index contributed by atoms with van der Waals surface area (Å²) < 4.78 is 77.2. The van der Waals surface area contributed by atoms with Gasteiger partial charge in [0.15, 0.2) is 5.82 Å². The van der Waals surface area contributed by atoms with Crippen molar-refractivity contribution in [2.75, 3.05) is 13.1 Å². The van der Waals surface area contributed by atoms with Crippen molar-refractivity contribution in [2.24, 2.45) is 13.0 Å². The first-order valence-electron chi connectivity index (χ1n) is 16.3. The zero-order valence-electron chi connectivity index (χ0n) is 27.7.